The van der Waals surface area contributed by atoms with Crippen LogP contribution < -0.4 is 4.74 Å². The number of ether oxygens (including phenoxy) is 1. The molecule has 5 heteroatoms. The number of rotatable bonds is 3. The van der Waals surface area contributed by atoms with E-state index in [1.807, 2.05) is 0 Å². The summed E-state index contributed by atoms with van der Waals surface area (Å²) in [7, 11) is 1.38. The Hall–Kier alpha value is -1.42. The minimum absolute atomic E-state index is 0.105. The predicted molar refractivity (Wildman–Crippen MR) is 51.0 cm³/mol. The summed E-state index contributed by atoms with van der Waals surface area (Å²) in [5.74, 6) is -0.878. The first-order valence-electron chi connectivity index (χ1n) is 3.81. The van der Waals surface area contributed by atoms with Crippen molar-refractivity contribution in [2.45, 2.75) is 6.42 Å². The van der Waals surface area contributed by atoms with Gasteiger partial charge in [-0.25, -0.2) is 0 Å². The van der Waals surface area contributed by atoms with Crippen molar-refractivity contribution in [1.29, 1.82) is 0 Å². The van der Waals surface area contributed by atoms with Crippen LogP contribution >= 0.6 is 11.6 Å². The van der Waals surface area contributed by atoms with Crippen molar-refractivity contribution in [3.63, 3.8) is 0 Å². The van der Waals surface area contributed by atoms with E-state index in [1.54, 1.807) is 0 Å². The first-order valence-corrected chi connectivity index (χ1v) is 4.19. The Balaban J connectivity index is 3.10. The summed E-state index contributed by atoms with van der Waals surface area (Å²) in [4.78, 5) is 10.4. The molecule has 0 spiro atoms. The quantitative estimate of drug-likeness (QED) is 0.807. The van der Waals surface area contributed by atoms with E-state index in [-0.39, 0.29) is 22.9 Å². The number of carboxylic acid groups (broad SMARTS) is 1. The summed E-state index contributed by atoms with van der Waals surface area (Å²) in [6, 6.07) is 2.67. The third kappa shape index (κ3) is 2.29. The zero-order chi connectivity index (χ0) is 10.7. The smallest absolute Gasteiger partial charge is 0.307 e. The van der Waals surface area contributed by atoms with Gasteiger partial charge in [-0.15, -0.1) is 0 Å². The van der Waals surface area contributed by atoms with Crippen LogP contribution in [0.1, 0.15) is 5.56 Å². The van der Waals surface area contributed by atoms with Gasteiger partial charge in [0.25, 0.3) is 0 Å². The highest BCUT2D eigenvalue weighted by molar-refractivity contribution is 6.31. The maximum absolute atomic E-state index is 10.4. The van der Waals surface area contributed by atoms with Gasteiger partial charge in [0.2, 0.25) is 0 Å². The maximum Gasteiger partial charge on any atom is 0.307 e. The molecule has 0 saturated carbocycles. The molecule has 0 aromatic heterocycles. The summed E-state index contributed by atoms with van der Waals surface area (Å²) in [5.41, 5.74) is 0.411. The van der Waals surface area contributed by atoms with E-state index in [0.717, 1.165) is 0 Å². The van der Waals surface area contributed by atoms with Gasteiger partial charge in [0, 0.05) is 11.1 Å². The van der Waals surface area contributed by atoms with Crippen LogP contribution in [0.15, 0.2) is 12.1 Å². The van der Waals surface area contributed by atoms with Crippen LogP contribution in [0.5, 0.6) is 11.5 Å². The Morgan fingerprint density at radius 3 is 2.71 bits per heavy atom. The number of aliphatic carboxylic acids is 1. The molecule has 0 unspecified atom stereocenters. The minimum Gasteiger partial charge on any atom is -0.504 e. The third-order valence-electron chi connectivity index (χ3n) is 1.69. The summed E-state index contributed by atoms with van der Waals surface area (Å²) in [6.07, 6.45) is -0.199. The normalized spacial score (nSPS) is 9.86. The lowest BCUT2D eigenvalue weighted by molar-refractivity contribution is -0.136. The van der Waals surface area contributed by atoms with E-state index in [2.05, 4.69) is 0 Å². The van der Waals surface area contributed by atoms with Crippen LogP contribution in [0.3, 0.4) is 0 Å². The Morgan fingerprint density at radius 1 is 1.57 bits per heavy atom. The number of carbonyl (C=O) groups is 1. The molecule has 14 heavy (non-hydrogen) atoms. The highest BCUT2D eigenvalue weighted by Gasteiger charge is 2.10. The molecule has 1 aromatic carbocycles. The molecular weight excluding hydrogens is 208 g/mol. The fourth-order valence-corrected chi connectivity index (χ4v) is 1.27. The van der Waals surface area contributed by atoms with Crippen LogP contribution in [0.4, 0.5) is 0 Å². The number of benzene rings is 1. The van der Waals surface area contributed by atoms with E-state index in [0.29, 0.717) is 5.56 Å². The average molecular weight is 217 g/mol. The van der Waals surface area contributed by atoms with Crippen LogP contribution in [0.25, 0.3) is 0 Å². The summed E-state index contributed by atoms with van der Waals surface area (Å²) in [5, 5.41) is 18.1. The average Bonchev–Trinajstić information content (AvgIpc) is 2.09. The number of phenols is 1. The molecule has 0 bridgehead atoms. The topological polar surface area (TPSA) is 66.8 Å². The van der Waals surface area contributed by atoms with E-state index >= 15 is 0 Å². The van der Waals surface area contributed by atoms with Crippen molar-refractivity contribution in [3.05, 3.63) is 22.7 Å². The molecule has 0 heterocycles. The number of halogens is 1. The van der Waals surface area contributed by atoms with Gasteiger partial charge in [0.1, 0.15) is 0 Å². The Morgan fingerprint density at radius 2 is 2.21 bits per heavy atom. The van der Waals surface area contributed by atoms with Gasteiger partial charge in [-0.2, -0.15) is 0 Å². The number of hydrogen-bond acceptors (Lipinski definition) is 3. The lowest BCUT2D eigenvalue weighted by Gasteiger charge is -2.07. The van der Waals surface area contributed by atoms with Crippen molar-refractivity contribution in [1.82, 2.24) is 0 Å². The second-order valence-corrected chi connectivity index (χ2v) is 3.09. The van der Waals surface area contributed by atoms with Crippen molar-refractivity contribution in [3.8, 4) is 11.5 Å². The fraction of sp³-hybridized carbons (Fsp3) is 0.222. The molecule has 0 fully saturated rings. The standard InChI is InChI=1S/C9H9ClO4/c1-14-8-2-5(3-9(12)13)6(10)4-7(8)11/h2,4,11H,3H2,1H3,(H,12,13). The van der Waals surface area contributed by atoms with Crippen LogP contribution in [0.2, 0.25) is 5.02 Å². The zero-order valence-electron chi connectivity index (χ0n) is 7.45. The monoisotopic (exact) mass is 216 g/mol. The molecule has 4 nitrogen and oxygen atoms in total. The molecule has 1 aromatic rings. The van der Waals surface area contributed by atoms with E-state index in [4.69, 9.17) is 21.4 Å². The van der Waals surface area contributed by atoms with Crippen molar-refractivity contribution >= 4 is 17.6 Å². The number of phenolic OH excluding ortho intramolecular Hbond substituents is 1. The van der Waals surface area contributed by atoms with E-state index < -0.39 is 5.97 Å². The molecule has 2 N–H and O–H groups in total. The highest BCUT2D eigenvalue weighted by atomic mass is 35.5. The predicted octanol–water partition coefficient (Wildman–Crippen LogP) is 1.68. The first-order chi connectivity index (χ1) is 6.54. The fourth-order valence-electron chi connectivity index (χ4n) is 1.05. The first kappa shape index (κ1) is 10.7. The molecule has 0 radical (unpaired) electrons. The Bertz CT molecular complexity index is 362. The van der Waals surface area contributed by atoms with Crippen molar-refractivity contribution in [2.24, 2.45) is 0 Å². The zero-order valence-corrected chi connectivity index (χ0v) is 8.21. The van der Waals surface area contributed by atoms with Crippen LogP contribution in [0, 0.1) is 0 Å². The van der Waals surface area contributed by atoms with Crippen LogP contribution in [-0.2, 0) is 11.2 Å². The van der Waals surface area contributed by atoms with Gasteiger partial charge in [-0.05, 0) is 11.6 Å². The molecular formula is C9H9ClO4. The Labute approximate surface area is 85.7 Å². The molecule has 0 aliphatic carbocycles. The number of hydrogen-bond donors (Lipinski definition) is 2. The molecule has 76 valence electrons. The molecule has 0 aliphatic heterocycles. The Kier molecular flexibility index (Phi) is 3.19. The third-order valence-corrected chi connectivity index (χ3v) is 2.04. The molecule has 0 amide bonds. The maximum atomic E-state index is 10.4. The molecule has 0 aliphatic rings. The largest absolute Gasteiger partial charge is 0.504 e. The van der Waals surface area contributed by atoms with Crippen molar-refractivity contribution in [2.75, 3.05) is 7.11 Å². The second-order valence-electron chi connectivity index (χ2n) is 2.69. The van der Waals surface area contributed by atoms with Gasteiger partial charge < -0.3 is 14.9 Å². The van der Waals surface area contributed by atoms with Gasteiger partial charge in [0.15, 0.2) is 11.5 Å². The number of carboxylic acids is 1. The van der Waals surface area contributed by atoms with E-state index in [1.165, 1.54) is 19.2 Å². The van der Waals surface area contributed by atoms with Gasteiger partial charge >= 0.3 is 5.97 Å². The highest BCUT2D eigenvalue weighted by Crippen LogP contribution is 2.32. The molecule has 0 saturated heterocycles. The lowest BCUT2D eigenvalue weighted by atomic mass is 10.1. The molecule has 0 atom stereocenters. The van der Waals surface area contributed by atoms with Crippen LogP contribution in [-0.4, -0.2) is 23.3 Å². The van der Waals surface area contributed by atoms with Gasteiger partial charge in [-0.1, -0.05) is 11.6 Å². The van der Waals surface area contributed by atoms with E-state index in [9.17, 15) is 9.90 Å². The second kappa shape index (κ2) is 4.19. The van der Waals surface area contributed by atoms with Gasteiger partial charge in [-0.3, -0.25) is 4.79 Å². The van der Waals surface area contributed by atoms with Crippen molar-refractivity contribution < 1.29 is 19.7 Å². The summed E-state index contributed by atoms with van der Waals surface area (Å²) in [6.45, 7) is 0. The minimum atomic E-state index is -0.986. The molecule has 1 rings (SSSR count). The summed E-state index contributed by atoms with van der Waals surface area (Å²) >= 11 is 5.72. The summed E-state index contributed by atoms with van der Waals surface area (Å²) < 4.78 is 4.82. The van der Waals surface area contributed by atoms with Gasteiger partial charge in [0.05, 0.1) is 13.5 Å². The number of aromatic hydroxyl groups is 1. The number of methoxy groups -OCH3 is 1. The SMILES string of the molecule is COc1cc(CC(=O)O)c(Cl)cc1O. The lowest BCUT2D eigenvalue weighted by Crippen LogP contribution is -2.01.